The molecule has 0 N–H and O–H groups in total. The maximum atomic E-state index is 13.1. The number of nitrogens with zero attached hydrogens (tertiary/aromatic N) is 2. The third kappa shape index (κ3) is 4.30. The van der Waals surface area contributed by atoms with E-state index in [-0.39, 0.29) is 10.8 Å². The minimum Gasteiger partial charge on any atom is -0.250 e. The van der Waals surface area contributed by atoms with Crippen LogP contribution in [0.3, 0.4) is 0 Å². The average molecular weight is 391 g/mol. The summed E-state index contributed by atoms with van der Waals surface area (Å²) in [7, 11) is -3.49. The van der Waals surface area contributed by atoms with E-state index in [0.29, 0.717) is 11.4 Å². The molecule has 2 aromatic rings. The molecule has 1 aliphatic rings. The lowest BCUT2D eigenvalue weighted by molar-refractivity contribution is 0.396. The van der Waals surface area contributed by atoms with E-state index < -0.39 is 10.0 Å². The van der Waals surface area contributed by atoms with Gasteiger partial charge in [0.15, 0.2) is 0 Å². The van der Waals surface area contributed by atoms with E-state index >= 15 is 0 Å². The maximum absolute atomic E-state index is 13.1. The summed E-state index contributed by atoms with van der Waals surface area (Å²) in [6.07, 6.45) is 3.54. The van der Waals surface area contributed by atoms with Crippen molar-refractivity contribution in [2.45, 2.75) is 61.2 Å². The number of rotatable bonds is 4. The van der Waals surface area contributed by atoms with Crippen LogP contribution in [0.2, 0.25) is 0 Å². The molecule has 0 amide bonds. The topological polar surface area (TPSA) is 50.3 Å². The van der Waals surface area contributed by atoms with Gasteiger partial charge in [-0.3, -0.25) is 0 Å². The van der Waals surface area contributed by atoms with Gasteiger partial charge in [0, 0.05) is 17.5 Å². The van der Waals surface area contributed by atoms with Crippen molar-refractivity contribution in [1.82, 2.24) is 9.29 Å². The van der Waals surface area contributed by atoms with Crippen molar-refractivity contribution >= 4 is 21.8 Å². The van der Waals surface area contributed by atoms with Crippen LogP contribution in [0, 0.1) is 6.92 Å². The van der Waals surface area contributed by atoms with Crippen molar-refractivity contribution in [2.24, 2.45) is 0 Å². The molecular weight excluding hydrogens is 364 g/mol. The molecule has 2 heterocycles. The van der Waals surface area contributed by atoms with Crippen LogP contribution in [0.15, 0.2) is 52.5 Å². The average Bonchev–Trinajstić information content (AvgIpc) is 3.05. The summed E-state index contributed by atoms with van der Waals surface area (Å²) in [5, 5.41) is 0.965. The summed E-state index contributed by atoms with van der Waals surface area (Å²) in [6.45, 7) is 8.97. The molecule has 26 heavy (non-hydrogen) atoms. The Morgan fingerprint density at radius 1 is 1.12 bits per heavy atom. The first kappa shape index (κ1) is 19.4. The zero-order valence-electron chi connectivity index (χ0n) is 15.8. The van der Waals surface area contributed by atoms with E-state index in [1.165, 1.54) is 0 Å². The van der Waals surface area contributed by atoms with Gasteiger partial charge in [-0.05, 0) is 43.5 Å². The highest BCUT2D eigenvalue weighted by Crippen LogP contribution is 2.37. The number of sulfonamides is 1. The summed E-state index contributed by atoms with van der Waals surface area (Å²) in [5.41, 5.74) is 2.02. The Hall–Kier alpha value is -1.37. The first-order valence-corrected chi connectivity index (χ1v) is 11.2. The van der Waals surface area contributed by atoms with Gasteiger partial charge in [-0.15, -0.1) is 11.8 Å². The van der Waals surface area contributed by atoms with Crippen LogP contribution in [0.5, 0.6) is 0 Å². The molecule has 0 radical (unpaired) electrons. The van der Waals surface area contributed by atoms with Gasteiger partial charge >= 0.3 is 0 Å². The van der Waals surface area contributed by atoms with Gasteiger partial charge in [-0.25, -0.2) is 13.4 Å². The number of benzene rings is 1. The molecule has 0 saturated carbocycles. The fourth-order valence-electron chi connectivity index (χ4n) is 3.17. The molecule has 1 aliphatic heterocycles. The van der Waals surface area contributed by atoms with Gasteiger partial charge < -0.3 is 0 Å². The molecule has 140 valence electrons. The number of hydrogen-bond acceptors (Lipinski definition) is 4. The van der Waals surface area contributed by atoms with Crippen molar-refractivity contribution < 1.29 is 8.42 Å². The van der Waals surface area contributed by atoms with E-state index in [4.69, 9.17) is 0 Å². The highest BCUT2D eigenvalue weighted by molar-refractivity contribution is 8.00. The Kier molecular flexibility index (Phi) is 5.47. The summed E-state index contributed by atoms with van der Waals surface area (Å²) >= 11 is 1.71. The Morgan fingerprint density at radius 3 is 2.38 bits per heavy atom. The number of aromatic nitrogens is 1. The second-order valence-corrected chi connectivity index (χ2v) is 11.5. The fourth-order valence-corrected chi connectivity index (χ4v) is 5.72. The van der Waals surface area contributed by atoms with Crippen LogP contribution in [0.4, 0.5) is 0 Å². The second-order valence-electron chi connectivity index (χ2n) is 7.73. The van der Waals surface area contributed by atoms with Gasteiger partial charge in [-0.2, -0.15) is 4.31 Å². The SMILES string of the molecule is Cc1ccc(S(=O)(=O)N2CCC[C@H]2c2ccc(SC(C)(C)C)nc2)cc1. The van der Waals surface area contributed by atoms with Crippen LogP contribution < -0.4 is 0 Å². The summed E-state index contributed by atoms with van der Waals surface area (Å²) in [6, 6.07) is 11.0. The summed E-state index contributed by atoms with van der Waals surface area (Å²) in [4.78, 5) is 4.91. The Balaban J connectivity index is 1.85. The van der Waals surface area contributed by atoms with Crippen LogP contribution in [0.25, 0.3) is 0 Å². The van der Waals surface area contributed by atoms with Gasteiger partial charge in [-0.1, -0.05) is 44.5 Å². The molecule has 0 bridgehead atoms. The predicted molar refractivity (Wildman–Crippen MR) is 107 cm³/mol. The van der Waals surface area contributed by atoms with E-state index in [9.17, 15) is 8.42 Å². The number of pyridine rings is 1. The molecule has 1 saturated heterocycles. The van der Waals surface area contributed by atoms with E-state index in [0.717, 1.165) is 29.0 Å². The Morgan fingerprint density at radius 2 is 1.81 bits per heavy atom. The van der Waals surface area contributed by atoms with Crippen LogP contribution in [-0.2, 0) is 10.0 Å². The van der Waals surface area contributed by atoms with E-state index in [2.05, 4.69) is 25.8 Å². The van der Waals surface area contributed by atoms with Crippen molar-refractivity contribution in [1.29, 1.82) is 0 Å². The van der Waals surface area contributed by atoms with Crippen LogP contribution in [-0.4, -0.2) is 29.0 Å². The minimum absolute atomic E-state index is 0.0999. The normalized spacial score (nSPS) is 19.0. The molecule has 0 unspecified atom stereocenters. The lowest BCUT2D eigenvalue weighted by atomic mass is 10.1. The Labute approximate surface area is 161 Å². The van der Waals surface area contributed by atoms with Gasteiger partial charge in [0.25, 0.3) is 0 Å². The van der Waals surface area contributed by atoms with E-state index in [1.54, 1.807) is 28.2 Å². The maximum Gasteiger partial charge on any atom is 0.243 e. The molecule has 0 aliphatic carbocycles. The first-order valence-electron chi connectivity index (χ1n) is 8.90. The minimum atomic E-state index is -3.49. The third-order valence-corrected chi connectivity index (χ3v) is 7.37. The third-order valence-electron chi connectivity index (χ3n) is 4.39. The molecule has 1 aromatic heterocycles. The molecule has 3 rings (SSSR count). The van der Waals surface area contributed by atoms with Gasteiger partial charge in [0.2, 0.25) is 10.0 Å². The summed E-state index contributed by atoms with van der Waals surface area (Å²) in [5.74, 6) is 0. The molecule has 4 nitrogen and oxygen atoms in total. The zero-order valence-corrected chi connectivity index (χ0v) is 17.4. The van der Waals surface area contributed by atoms with Crippen molar-refractivity contribution in [3.05, 3.63) is 53.7 Å². The number of aryl methyl sites for hydroxylation is 1. The first-order chi connectivity index (χ1) is 12.2. The van der Waals surface area contributed by atoms with E-state index in [1.807, 2.05) is 37.4 Å². The van der Waals surface area contributed by atoms with Crippen molar-refractivity contribution in [3.63, 3.8) is 0 Å². The van der Waals surface area contributed by atoms with Gasteiger partial charge in [0.05, 0.1) is 16.0 Å². The zero-order chi connectivity index (χ0) is 18.9. The summed E-state index contributed by atoms with van der Waals surface area (Å²) < 4.78 is 27.9. The highest BCUT2D eigenvalue weighted by atomic mass is 32.2. The fraction of sp³-hybridized carbons (Fsp3) is 0.450. The molecule has 1 aromatic carbocycles. The predicted octanol–water partition coefficient (Wildman–Crippen LogP) is 4.81. The quantitative estimate of drug-likeness (QED) is 0.703. The smallest absolute Gasteiger partial charge is 0.243 e. The molecule has 1 atom stereocenters. The highest BCUT2D eigenvalue weighted by Gasteiger charge is 2.36. The lowest BCUT2D eigenvalue weighted by Crippen LogP contribution is -2.30. The standard InChI is InChI=1S/C20H26N2O2S2/c1-15-7-10-17(11-8-15)26(23,24)22-13-5-6-18(22)16-9-12-19(21-14-16)25-20(2,3)4/h7-12,14,18H,5-6,13H2,1-4H3/t18-/m0/s1. The molecular formula is C20H26N2O2S2. The lowest BCUT2D eigenvalue weighted by Gasteiger charge is -2.24. The molecule has 6 heteroatoms. The van der Waals surface area contributed by atoms with Crippen molar-refractivity contribution in [2.75, 3.05) is 6.54 Å². The van der Waals surface area contributed by atoms with Crippen LogP contribution in [0.1, 0.15) is 50.8 Å². The van der Waals surface area contributed by atoms with Gasteiger partial charge in [0.1, 0.15) is 0 Å². The second kappa shape index (κ2) is 7.33. The Bertz CT molecular complexity index is 854. The largest absolute Gasteiger partial charge is 0.250 e. The number of thioether (sulfide) groups is 1. The number of hydrogen-bond donors (Lipinski definition) is 0. The molecule has 0 spiro atoms. The molecule has 1 fully saturated rings. The monoisotopic (exact) mass is 390 g/mol. The van der Waals surface area contributed by atoms with Crippen molar-refractivity contribution in [3.8, 4) is 0 Å². The van der Waals surface area contributed by atoms with Crippen LogP contribution >= 0.6 is 11.8 Å².